The lowest BCUT2D eigenvalue weighted by Gasteiger charge is -2.21. The third-order valence-corrected chi connectivity index (χ3v) is 3.92. The van der Waals surface area contributed by atoms with Crippen molar-refractivity contribution in [1.82, 2.24) is 10.2 Å². The second kappa shape index (κ2) is 9.18. The Morgan fingerprint density at radius 2 is 1.84 bits per heavy atom. The van der Waals surface area contributed by atoms with Crippen LogP contribution in [0.15, 0.2) is 48.5 Å². The molecular formula is C20H25FN2O2. The quantitative estimate of drug-likeness (QED) is 0.799. The van der Waals surface area contributed by atoms with E-state index >= 15 is 0 Å². The molecule has 25 heavy (non-hydrogen) atoms. The number of rotatable bonds is 8. The minimum atomic E-state index is -0.288. The summed E-state index contributed by atoms with van der Waals surface area (Å²) in [6.45, 7) is 2.69. The number of ether oxygens (including phenoxy) is 1. The minimum absolute atomic E-state index is 0.0511. The van der Waals surface area contributed by atoms with E-state index in [2.05, 4.69) is 5.32 Å². The lowest BCUT2D eigenvalue weighted by molar-refractivity contribution is -0.123. The summed E-state index contributed by atoms with van der Waals surface area (Å²) in [6.07, 6.45) is 0.731. The number of hydrogen-bond donors (Lipinski definition) is 1. The zero-order chi connectivity index (χ0) is 18.2. The Hall–Kier alpha value is -2.40. The van der Waals surface area contributed by atoms with Gasteiger partial charge < -0.3 is 15.0 Å². The molecule has 0 aromatic heterocycles. The Morgan fingerprint density at radius 1 is 1.16 bits per heavy atom. The number of para-hydroxylation sites is 1. The number of amides is 1. The van der Waals surface area contributed by atoms with Gasteiger partial charge in [0.05, 0.1) is 6.04 Å². The molecule has 134 valence electrons. The van der Waals surface area contributed by atoms with Crippen molar-refractivity contribution in [1.29, 1.82) is 0 Å². The zero-order valence-electron chi connectivity index (χ0n) is 15.0. The van der Waals surface area contributed by atoms with E-state index in [1.165, 1.54) is 12.1 Å². The van der Waals surface area contributed by atoms with Crippen LogP contribution in [-0.4, -0.2) is 38.1 Å². The second-order valence-electron chi connectivity index (χ2n) is 6.32. The van der Waals surface area contributed by atoms with Crippen LogP contribution in [0.5, 0.6) is 5.75 Å². The van der Waals surface area contributed by atoms with Crippen LogP contribution >= 0.6 is 0 Å². The molecule has 1 N–H and O–H groups in total. The molecule has 0 saturated carbocycles. The Bertz CT molecular complexity index is 686. The first-order chi connectivity index (χ1) is 12.0. The largest absolute Gasteiger partial charge is 0.484 e. The molecule has 1 atom stereocenters. The van der Waals surface area contributed by atoms with Crippen LogP contribution in [0.4, 0.5) is 4.39 Å². The lowest BCUT2D eigenvalue weighted by Crippen LogP contribution is -2.34. The van der Waals surface area contributed by atoms with Gasteiger partial charge in [-0.2, -0.15) is 0 Å². The highest BCUT2D eigenvalue weighted by Crippen LogP contribution is 2.19. The molecule has 0 aliphatic heterocycles. The second-order valence-corrected chi connectivity index (χ2v) is 6.32. The number of carbonyl (C=O) groups excluding carboxylic acids is 1. The van der Waals surface area contributed by atoms with Crippen LogP contribution < -0.4 is 10.1 Å². The van der Waals surface area contributed by atoms with Gasteiger partial charge >= 0.3 is 0 Å². The summed E-state index contributed by atoms with van der Waals surface area (Å²) in [4.78, 5) is 14.3. The van der Waals surface area contributed by atoms with Gasteiger partial charge in [0.1, 0.15) is 11.6 Å². The van der Waals surface area contributed by atoms with Gasteiger partial charge in [0.25, 0.3) is 5.91 Å². The van der Waals surface area contributed by atoms with Gasteiger partial charge in [0, 0.05) is 0 Å². The summed E-state index contributed by atoms with van der Waals surface area (Å²) in [5.74, 6) is 0.213. The molecular weight excluding hydrogens is 319 g/mol. The molecule has 5 heteroatoms. The van der Waals surface area contributed by atoms with Gasteiger partial charge in [-0.3, -0.25) is 4.79 Å². The predicted molar refractivity (Wildman–Crippen MR) is 97.1 cm³/mol. The molecule has 0 bridgehead atoms. The van der Waals surface area contributed by atoms with Crippen molar-refractivity contribution in [3.63, 3.8) is 0 Å². The standard InChI is InChI=1S/C20H25FN2O2/c1-15-6-4-5-7-19(15)25-14-20(24)22-18(12-13-23(2)3)16-8-10-17(21)11-9-16/h4-11,18H,12-14H2,1-3H3,(H,22,24). The summed E-state index contributed by atoms with van der Waals surface area (Å²) in [5.41, 5.74) is 1.87. The van der Waals surface area contributed by atoms with E-state index in [1.54, 1.807) is 12.1 Å². The first-order valence-electron chi connectivity index (χ1n) is 8.33. The van der Waals surface area contributed by atoms with Crippen LogP contribution in [0.1, 0.15) is 23.6 Å². The number of benzene rings is 2. The molecule has 0 heterocycles. The van der Waals surface area contributed by atoms with Crippen LogP contribution in [0.25, 0.3) is 0 Å². The van der Waals surface area contributed by atoms with Crippen molar-refractivity contribution in [3.8, 4) is 5.75 Å². The molecule has 1 amide bonds. The molecule has 0 spiro atoms. The number of halogens is 1. The fourth-order valence-corrected chi connectivity index (χ4v) is 2.50. The van der Waals surface area contributed by atoms with Crippen molar-refractivity contribution in [2.75, 3.05) is 27.2 Å². The number of aryl methyl sites for hydroxylation is 1. The summed E-state index contributed by atoms with van der Waals surface area (Å²) in [5, 5.41) is 2.98. The van der Waals surface area contributed by atoms with Gasteiger partial charge in [-0.25, -0.2) is 4.39 Å². The maximum atomic E-state index is 13.2. The first-order valence-corrected chi connectivity index (χ1v) is 8.33. The maximum absolute atomic E-state index is 13.2. The van der Waals surface area contributed by atoms with Crippen LogP contribution in [-0.2, 0) is 4.79 Å². The van der Waals surface area contributed by atoms with Crippen LogP contribution in [0.3, 0.4) is 0 Å². The third kappa shape index (κ3) is 6.19. The Labute approximate surface area is 148 Å². The van der Waals surface area contributed by atoms with Gasteiger partial charge in [0.2, 0.25) is 0 Å². The van der Waals surface area contributed by atoms with Gasteiger partial charge in [-0.05, 0) is 63.3 Å². The molecule has 1 unspecified atom stereocenters. The molecule has 0 radical (unpaired) electrons. The van der Waals surface area contributed by atoms with Gasteiger partial charge in [0.15, 0.2) is 6.61 Å². The number of hydrogen-bond acceptors (Lipinski definition) is 3. The fraction of sp³-hybridized carbons (Fsp3) is 0.350. The molecule has 2 aromatic carbocycles. The molecule has 0 aliphatic rings. The highest BCUT2D eigenvalue weighted by atomic mass is 19.1. The SMILES string of the molecule is Cc1ccccc1OCC(=O)NC(CCN(C)C)c1ccc(F)cc1. The highest BCUT2D eigenvalue weighted by molar-refractivity contribution is 5.78. The maximum Gasteiger partial charge on any atom is 0.258 e. The van der Waals surface area contributed by atoms with Gasteiger partial charge in [-0.15, -0.1) is 0 Å². The van der Waals surface area contributed by atoms with Gasteiger partial charge in [-0.1, -0.05) is 30.3 Å². The lowest BCUT2D eigenvalue weighted by atomic mass is 10.0. The van der Waals surface area contributed by atoms with Crippen LogP contribution in [0, 0.1) is 12.7 Å². The molecule has 0 saturated heterocycles. The topological polar surface area (TPSA) is 41.6 Å². The van der Waals surface area contributed by atoms with E-state index in [4.69, 9.17) is 4.74 Å². The van der Waals surface area contributed by atoms with E-state index in [9.17, 15) is 9.18 Å². The normalized spacial score (nSPS) is 12.0. The smallest absolute Gasteiger partial charge is 0.258 e. The average molecular weight is 344 g/mol. The molecule has 2 rings (SSSR count). The van der Waals surface area contributed by atoms with E-state index in [-0.39, 0.29) is 24.4 Å². The number of nitrogens with zero attached hydrogens (tertiary/aromatic N) is 1. The Morgan fingerprint density at radius 3 is 2.48 bits per heavy atom. The van der Waals surface area contributed by atoms with E-state index < -0.39 is 0 Å². The summed E-state index contributed by atoms with van der Waals surface area (Å²) in [7, 11) is 3.95. The van der Waals surface area contributed by atoms with E-state index in [0.717, 1.165) is 24.1 Å². The first kappa shape index (κ1) is 18.9. The fourth-order valence-electron chi connectivity index (χ4n) is 2.50. The molecule has 2 aromatic rings. The minimum Gasteiger partial charge on any atom is -0.484 e. The number of carbonyl (C=O) groups is 1. The van der Waals surface area contributed by atoms with Crippen molar-refractivity contribution >= 4 is 5.91 Å². The summed E-state index contributed by atoms with van der Waals surface area (Å²) >= 11 is 0. The summed E-state index contributed by atoms with van der Waals surface area (Å²) < 4.78 is 18.8. The molecule has 4 nitrogen and oxygen atoms in total. The van der Waals surface area contributed by atoms with Crippen molar-refractivity contribution in [2.24, 2.45) is 0 Å². The van der Waals surface area contributed by atoms with Crippen molar-refractivity contribution in [3.05, 3.63) is 65.5 Å². The monoisotopic (exact) mass is 344 g/mol. The predicted octanol–water partition coefficient (Wildman–Crippen LogP) is 3.32. The molecule has 0 aliphatic carbocycles. The number of nitrogens with one attached hydrogen (secondary N) is 1. The zero-order valence-corrected chi connectivity index (χ0v) is 15.0. The van der Waals surface area contributed by atoms with E-state index in [0.29, 0.717) is 5.75 Å². The van der Waals surface area contributed by atoms with Crippen molar-refractivity contribution in [2.45, 2.75) is 19.4 Å². The average Bonchev–Trinajstić information content (AvgIpc) is 2.58. The van der Waals surface area contributed by atoms with Crippen molar-refractivity contribution < 1.29 is 13.9 Å². The Balaban J connectivity index is 1.98. The van der Waals surface area contributed by atoms with E-state index in [1.807, 2.05) is 50.2 Å². The summed E-state index contributed by atoms with van der Waals surface area (Å²) in [6, 6.07) is 13.6. The third-order valence-electron chi connectivity index (χ3n) is 3.92. The highest BCUT2D eigenvalue weighted by Gasteiger charge is 2.16. The molecule has 0 fully saturated rings. The van der Waals surface area contributed by atoms with Crippen LogP contribution in [0.2, 0.25) is 0 Å². The Kier molecular flexibility index (Phi) is 6.95.